The van der Waals surface area contributed by atoms with Crippen LogP contribution in [-0.2, 0) is 0 Å². The van der Waals surface area contributed by atoms with Gasteiger partial charge in [-0.1, -0.05) is 6.92 Å². The molecule has 0 bridgehead atoms. The average Bonchev–Trinajstić information content (AvgIpc) is 2.40. The Balaban J connectivity index is 2.49. The first kappa shape index (κ1) is 13.5. The minimum absolute atomic E-state index is 0.0175. The first-order valence-electron chi connectivity index (χ1n) is 6.02. The number of nitrogens with two attached hydrogens (primary N) is 1. The van der Waals surface area contributed by atoms with Crippen LogP contribution in [0.15, 0.2) is 24.3 Å². The Morgan fingerprint density at radius 2 is 1.89 bits per heavy atom. The van der Waals surface area contributed by atoms with E-state index in [1.54, 1.807) is 6.07 Å². The molecule has 0 aliphatic carbocycles. The van der Waals surface area contributed by atoms with E-state index in [-0.39, 0.29) is 5.92 Å². The van der Waals surface area contributed by atoms with Gasteiger partial charge in [-0.25, -0.2) is 18.7 Å². The highest BCUT2D eigenvalue weighted by molar-refractivity contribution is 5.59. The zero-order valence-corrected chi connectivity index (χ0v) is 10.8. The summed E-state index contributed by atoms with van der Waals surface area (Å²) in [4.78, 5) is 8.68. The number of rotatable bonds is 3. The summed E-state index contributed by atoms with van der Waals surface area (Å²) >= 11 is 0. The van der Waals surface area contributed by atoms with Crippen LogP contribution in [-0.4, -0.2) is 16.5 Å². The number of aryl methyl sites for hydroxylation is 1. The second kappa shape index (κ2) is 5.40. The van der Waals surface area contributed by atoms with Crippen molar-refractivity contribution >= 4 is 0 Å². The monoisotopic (exact) mass is 263 g/mol. The third-order valence-electron chi connectivity index (χ3n) is 2.88. The Labute approximate surface area is 110 Å². The Morgan fingerprint density at radius 1 is 1.16 bits per heavy atom. The van der Waals surface area contributed by atoms with Gasteiger partial charge < -0.3 is 5.73 Å². The van der Waals surface area contributed by atoms with Crippen molar-refractivity contribution in [2.75, 3.05) is 6.54 Å². The van der Waals surface area contributed by atoms with Crippen molar-refractivity contribution < 1.29 is 8.78 Å². The molecule has 1 aromatic carbocycles. The Kier molecular flexibility index (Phi) is 3.85. The predicted molar refractivity (Wildman–Crippen MR) is 69.6 cm³/mol. The summed E-state index contributed by atoms with van der Waals surface area (Å²) in [6.45, 7) is 4.18. The van der Waals surface area contributed by atoms with Gasteiger partial charge in [0.15, 0.2) is 11.6 Å². The molecule has 0 aliphatic rings. The predicted octanol–water partition coefficient (Wildman–Crippen LogP) is 2.79. The maximum atomic E-state index is 13.3. The normalized spacial score (nSPS) is 12.5. The molecule has 1 unspecified atom stereocenters. The summed E-state index contributed by atoms with van der Waals surface area (Å²) < 4.78 is 26.2. The van der Waals surface area contributed by atoms with Crippen molar-refractivity contribution in [2.24, 2.45) is 5.73 Å². The van der Waals surface area contributed by atoms with Crippen molar-refractivity contribution in [3.05, 3.63) is 47.4 Å². The Morgan fingerprint density at radius 3 is 2.53 bits per heavy atom. The van der Waals surface area contributed by atoms with Crippen molar-refractivity contribution in [2.45, 2.75) is 19.8 Å². The third kappa shape index (κ3) is 2.93. The van der Waals surface area contributed by atoms with Crippen LogP contribution in [0.2, 0.25) is 0 Å². The van der Waals surface area contributed by atoms with Gasteiger partial charge in [-0.05, 0) is 31.2 Å². The van der Waals surface area contributed by atoms with E-state index in [2.05, 4.69) is 9.97 Å². The molecule has 1 aromatic heterocycles. The molecule has 5 heteroatoms. The molecule has 0 spiro atoms. The Bertz CT molecular complexity index is 599. The van der Waals surface area contributed by atoms with Crippen LogP contribution < -0.4 is 5.73 Å². The van der Waals surface area contributed by atoms with Crippen LogP contribution in [0, 0.1) is 18.6 Å². The van der Waals surface area contributed by atoms with Crippen LogP contribution in [0.3, 0.4) is 0 Å². The van der Waals surface area contributed by atoms with Gasteiger partial charge in [0.25, 0.3) is 0 Å². The summed E-state index contributed by atoms with van der Waals surface area (Å²) in [5.74, 6) is -1.13. The number of hydrogen-bond donors (Lipinski definition) is 1. The molecule has 1 heterocycles. The standard InChI is InChI=1S/C14H15F2N3/c1-8(7-17)14-18-9(2)5-13(19-14)10-3-4-11(15)12(16)6-10/h3-6,8H,7,17H2,1-2H3. The molecule has 100 valence electrons. The highest BCUT2D eigenvalue weighted by Gasteiger charge is 2.11. The molecule has 0 saturated carbocycles. The zero-order chi connectivity index (χ0) is 14.0. The summed E-state index contributed by atoms with van der Waals surface area (Å²) in [6.07, 6.45) is 0. The average molecular weight is 263 g/mol. The molecule has 2 aromatic rings. The number of nitrogens with zero attached hydrogens (tertiary/aromatic N) is 2. The van der Waals surface area contributed by atoms with E-state index in [9.17, 15) is 8.78 Å². The fraction of sp³-hybridized carbons (Fsp3) is 0.286. The quantitative estimate of drug-likeness (QED) is 0.926. The lowest BCUT2D eigenvalue weighted by Gasteiger charge is -2.10. The lowest BCUT2D eigenvalue weighted by Crippen LogP contribution is -2.13. The van der Waals surface area contributed by atoms with Gasteiger partial charge >= 0.3 is 0 Å². The topological polar surface area (TPSA) is 51.8 Å². The second-order valence-electron chi connectivity index (χ2n) is 4.52. The van der Waals surface area contributed by atoms with E-state index in [0.29, 0.717) is 23.6 Å². The number of hydrogen-bond acceptors (Lipinski definition) is 3. The van der Waals surface area contributed by atoms with Gasteiger partial charge in [0.1, 0.15) is 5.82 Å². The molecule has 2 rings (SSSR count). The van der Waals surface area contributed by atoms with Crippen LogP contribution >= 0.6 is 0 Å². The second-order valence-corrected chi connectivity index (χ2v) is 4.52. The summed E-state index contributed by atoms with van der Waals surface area (Å²) in [6, 6.07) is 5.46. The number of benzene rings is 1. The van der Waals surface area contributed by atoms with Gasteiger partial charge in [-0.15, -0.1) is 0 Å². The van der Waals surface area contributed by atoms with Crippen LogP contribution in [0.5, 0.6) is 0 Å². The fourth-order valence-electron chi connectivity index (χ4n) is 1.72. The minimum atomic E-state index is -0.887. The first-order valence-corrected chi connectivity index (χ1v) is 6.02. The van der Waals surface area contributed by atoms with Crippen molar-refractivity contribution in [3.8, 4) is 11.3 Å². The molecule has 1 atom stereocenters. The highest BCUT2D eigenvalue weighted by Crippen LogP contribution is 2.22. The molecular formula is C14H15F2N3. The SMILES string of the molecule is Cc1cc(-c2ccc(F)c(F)c2)nc(C(C)CN)n1. The Hall–Kier alpha value is -1.88. The van der Waals surface area contributed by atoms with Crippen LogP contribution in [0.25, 0.3) is 11.3 Å². The van der Waals surface area contributed by atoms with E-state index >= 15 is 0 Å². The van der Waals surface area contributed by atoms with E-state index in [4.69, 9.17) is 5.73 Å². The van der Waals surface area contributed by atoms with E-state index in [1.807, 2.05) is 13.8 Å². The largest absolute Gasteiger partial charge is 0.330 e. The summed E-state index contributed by atoms with van der Waals surface area (Å²) in [7, 11) is 0. The van der Waals surface area contributed by atoms with Crippen LogP contribution in [0.4, 0.5) is 8.78 Å². The van der Waals surface area contributed by atoms with Gasteiger partial charge in [0.2, 0.25) is 0 Å². The molecule has 0 saturated heterocycles. The molecular weight excluding hydrogens is 248 g/mol. The molecule has 0 radical (unpaired) electrons. The van der Waals surface area contributed by atoms with Crippen LogP contribution in [0.1, 0.15) is 24.4 Å². The highest BCUT2D eigenvalue weighted by atomic mass is 19.2. The van der Waals surface area contributed by atoms with Gasteiger partial charge in [-0.3, -0.25) is 0 Å². The van der Waals surface area contributed by atoms with Gasteiger partial charge in [0, 0.05) is 23.7 Å². The van der Waals surface area contributed by atoms with Gasteiger partial charge in [-0.2, -0.15) is 0 Å². The van der Waals surface area contributed by atoms with Gasteiger partial charge in [0.05, 0.1) is 5.69 Å². The summed E-state index contributed by atoms with van der Waals surface area (Å²) in [5.41, 5.74) is 7.46. The molecule has 19 heavy (non-hydrogen) atoms. The summed E-state index contributed by atoms with van der Waals surface area (Å²) in [5, 5.41) is 0. The minimum Gasteiger partial charge on any atom is -0.330 e. The molecule has 2 N–H and O–H groups in total. The fourth-order valence-corrected chi connectivity index (χ4v) is 1.72. The first-order chi connectivity index (χ1) is 9.01. The number of aromatic nitrogens is 2. The smallest absolute Gasteiger partial charge is 0.159 e. The number of halogens is 2. The van der Waals surface area contributed by atoms with Crippen molar-refractivity contribution in [1.82, 2.24) is 9.97 Å². The molecule has 3 nitrogen and oxygen atoms in total. The maximum Gasteiger partial charge on any atom is 0.159 e. The van der Waals surface area contributed by atoms with E-state index < -0.39 is 11.6 Å². The third-order valence-corrected chi connectivity index (χ3v) is 2.88. The maximum absolute atomic E-state index is 13.3. The molecule has 0 amide bonds. The van der Waals surface area contributed by atoms with Crippen molar-refractivity contribution in [3.63, 3.8) is 0 Å². The molecule has 0 aliphatic heterocycles. The zero-order valence-electron chi connectivity index (χ0n) is 10.8. The molecule has 0 fully saturated rings. The lowest BCUT2D eigenvalue weighted by molar-refractivity contribution is 0.509. The van der Waals surface area contributed by atoms with E-state index in [1.165, 1.54) is 6.07 Å². The van der Waals surface area contributed by atoms with E-state index in [0.717, 1.165) is 17.8 Å². The van der Waals surface area contributed by atoms with Crippen molar-refractivity contribution in [1.29, 1.82) is 0 Å². The lowest BCUT2D eigenvalue weighted by atomic mass is 10.1.